The number of halogens is 1. The summed E-state index contributed by atoms with van der Waals surface area (Å²) in [4.78, 5) is 15.2. The number of aryl methyl sites for hydroxylation is 1. The smallest absolute Gasteiger partial charge is 0.289 e. The number of benzene rings is 2. The number of amides is 1. The van der Waals surface area contributed by atoms with Gasteiger partial charge in [0.1, 0.15) is 11.6 Å². The van der Waals surface area contributed by atoms with Gasteiger partial charge in [-0.3, -0.25) is 4.79 Å². The molecule has 0 aliphatic carbocycles. The zero-order valence-electron chi connectivity index (χ0n) is 20.1. The Kier molecular flexibility index (Phi) is 7.13. The lowest BCUT2D eigenvalue weighted by Crippen LogP contribution is -2.37. The quantitative estimate of drug-likeness (QED) is 0.298. The van der Waals surface area contributed by atoms with E-state index in [-0.39, 0.29) is 30.1 Å². The van der Waals surface area contributed by atoms with Crippen molar-refractivity contribution < 1.29 is 23.1 Å². The van der Waals surface area contributed by atoms with Gasteiger partial charge in [-0.25, -0.2) is 9.07 Å². The van der Waals surface area contributed by atoms with Crippen LogP contribution in [0.15, 0.2) is 77.4 Å². The lowest BCUT2D eigenvalue weighted by Gasteiger charge is -2.25. The minimum Gasteiger partial charge on any atom is -0.459 e. The van der Waals surface area contributed by atoms with E-state index in [2.05, 4.69) is 0 Å². The molecule has 1 atom stereocenters. The number of hydrogen-bond acceptors (Lipinski definition) is 5. The SMILES string of the molecule is CCc1nn(-c2ccccc2)c(Oc2ccc(F)cc2)c1CN(CC1CCCO1)C(=O)c1ccco1. The van der Waals surface area contributed by atoms with Gasteiger partial charge in [0.05, 0.1) is 35.9 Å². The molecular formula is C28H28FN3O4. The molecule has 0 bridgehead atoms. The minimum absolute atomic E-state index is 0.0420. The summed E-state index contributed by atoms with van der Waals surface area (Å²) < 4.78 is 32.9. The van der Waals surface area contributed by atoms with Crippen molar-refractivity contribution in [3.05, 3.63) is 95.8 Å². The molecule has 1 aliphatic rings. The summed E-state index contributed by atoms with van der Waals surface area (Å²) in [7, 11) is 0. The Labute approximate surface area is 209 Å². The van der Waals surface area contributed by atoms with Gasteiger partial charge >= 0.3 is 0 Å². The highest BCUT2D eigenvalue weighted by Crippen LogP contribution is 2.33. The minimum atomic E-state index is -0.347. The third-order valence-electron chi connectivity index (χ3n) is 6.20. The standard InChI is InChI=1S/C28H28FN3O4/c1-2-25-24(19-31(18-23-10-6-16-34-23)27(33)26-11-7-17-35-26)28(36-22-14-12-20(29)13-15-22)32(30-25)21-8-4-3-5-9-21/h3-5,7-9,11-15,17,23H,2,6,10,16,18-19H2,1H3. The van der Waals surface area contributed by atoms with Crippen LogP contribution in [-0.2, 0) is 17.7 Å². The highest BCUT2D eigenvalue weighted by Gasteiger charge is 2.29. The van der Waals surface area contributed by atoms with Gasteiger partial charge < -0.3 is 18.8 Å². The Balaban J connectivity index is 1.56. The maximum absolute atomic E-state index is 13.6. The number of para-hydroxylation sites is 1. The molecule has 3 heterocycles. The molecule has 2 aromatic heterocycles. The highest BCUT2D eigenvalue weighted by atomic mass is 19.1. The van der Waals surface area contributed by atoms with E-state index in [0.29, 0.717) is 31.2 Å². The summed E-state index contributed by atoms with van der Waals surface area (Å²) >= 11 is 0. The van der Waals surface area contributed by atoms with E-state index in [9.17, 15) is 9.18 Å². The number of rotatable bonds is 9. The number of carbonyl (C=O) groups excluding carboxylic acids is 1. The lowest BCUT2D eigenvalue weighted by molar-refractivity contribution is 0.0482. The third-order valence-corrected chi connectivity index (χ3v) is 6.20. The second-order valence-electron chi connectivity index (χ2n) is 8.69. The van der Waals surface area contributed by atoms with Gasteiger partial charge in [-0.15, -0.1) is 0 Å². The van der Waals surface area contributed by atoms with E-state index in [0.717, 1.165) is 29.8 Å². The van der Waals surface area contributed by atoms with Crippen molar-refractivity contribution in [3.8, 4) is 17.3 Å². The maximum Gasteiger partial charge on any atom is 0.289 e. The van der Waals surface area contributed by atoms with Gasteiger partial charge in [0.2, 0.25) is 5.88 Å². The zero-order valence-corrected chi connectivity index (χ0v) is 20.1. The summed E-state index contributed by atoms with van der Waals surface area (Å²) in [5.41, 5.74) is 2.41. The van der Waals surface area contributed by atoms with Crippen LogP contribution in [0.1, 0.15) is 41.6 Å². The molecule has 7 nitrogen and oxygen atoms in total. The molecule has 2 aromatic carbocycles. The number of furan rings is 1. The Morgan fingerprint density at radius 2 is 1.94 bits per heavy atom. The fourth-order valence-electron chi connectivity index (χ4n) is 4.38. The van der Waals surface area contributed by atoms with Crippen LogP contribution >= 0.6 is 0 Å². The number of nitrogens with zero attached hydrogens (tertiary/aromatic N) is 3. The molecule has 1 aliphatic heterocycles. The molecule has 0 saturated carbocycles. The van der Waals surface area contributed by atoms with E-state index in [1.54, 1.807) is 33.8 Å². The summed E-state index contributed by atoms with van der Waals surface area (Å²) in [6.07, 6.45) is 3.95. The molecule has 1 amide bonds. The fourth-order valence-corrected chi connectivity index (χ4v) is 4.38. The van der Waals surface area contributed by atoms with Crippen LogP contribution < -0.4 is 4.74 Å². The van der Waals surface area contributed by atoms with Crippen molar-refractivity contribution in [2.24, 2.45) is 0 Å². The van der Waals surface area contributed by atoms with E-state index in [1.807, 2.05) is 37.3 Å². The Morgan fingerprint density at radius 1 is 1.14 bits per heavy atom. The molecule has 4 aromatic rings. The van der Waals surface area contributed by atoms with Crippen molar-refractivity contribution in [2.45, 2.75) is 38.8 Å². The van der Waals surface area contributed by atoms with E-state index in [1.165, 1.54) is 18.4 Å². The zero-order chi connectivity index (χ0) is 24.9. The molecule has 0 N–H and O–H groups in total. The summed E-state index contributed by atoms with van der Waals surface area (Å²) in [5, 5.41) is 4.84. The van der Waals surface area contributed by atoms with Crippen LogP contribution in [-0.4, -0.2) is 39.8 Å². The predicted molar refractivity (Wildman–Crippen MR) is 132 cm³/mol. The number of aromatic nitrogens is 2. The first-order valence-corrected chi connectivity index (χ1v) is 12.2. The molecule has 0 radical (unpaired) electrons. The molecule has 0 spiro atoms. The molecule has 1 saturated heterocycles. The molecule has 5 rings (SSSR count). The number of ether oxygens (including phenoxy) is 2. The average Bonchev–Trinajstić information content (AvgIpc) is 3.68. The largest absolute Gasteiger partial charge is 0.459 e. The van der Waals surface area contributed by atoms with Crippen LogP contribution in [0.2, 0.25) is 0 Å². The predicted octanol–water partition coefficient (Wildman–Crippen LogP) is 5.78. The monoisotopic (exact) mass is 489 g/mol. The van der Waals surface area contributed by atoms with Crippen molar-refractivity contribution in [2.75, 3.05) is 13.2 Å². The normalized spacial score (nSPS) is 15.2. The second-order valence-corrected chi connectivity index (χ2v) is 8.69. The van der Waals surface area contributed by atoms with E-state index >= 15 is 0 Å². The lowest BCUT2D eigenvalue weighted by atomic mass is 10.1. The van der Waals surface area contributed by atoms with Crippen LogP contribution in [0.5, 0.6) is 11.6 Å². The topological polar surface area (TPSA) is 69.7 Å². The van der Waals surface area contributed by atoms with Crippen LogP contribution in [0.3, 0.4) is 0 Å². The summed E-state index contributed by atoms with van der Waals surface area (Å²) in [5.74, 6) is 0.648. The van der Waals surface area contributed by atoms with Gasteiger partial charge in [0.15, 0.2) is 5.76 Å². The molecule has 36 heavy (non-hydrogen) atoms. The third kappa shape index (κ3) is 5.18. The average molecular weight is 490 g/mol. The Hall–Kier alpha value is -3.91. The van der Waals surface area contributed by atoms with Gasteiger partial charge in [0, 0.05) is 13.2 Å². The molecule has 8 heteroatoms. The first kappa shape index (κ1) is 23.8. The first-order valence-electron chi connectivity index (χ1n) is 12.2. The molecular weight excluding hydrogens is 461 g/mol. The van der Waals surface area contributed by atoms with Gasteiger partial charge in [-0.2, -0.15) is 5.10 Å². The van der Waals surface area contributed by atoms with Crippen LogP contribution in [0.4, 0.5) is 4.39 Å². The van der Waals surface area contributed by atoms with E-state index < -0.39 is 0 Å². The van der Waals surface area contributed by atoms with Gasteiger partial charge in [-0.1, -0.05) is 25.1 Å². The Bertz CT molecular complexity index is 1280. The van der Waals surface area contributed by atoms with Crippen LogP contribution in [0.25, 0.3) is 5.69 Å². The molecule has 1 fully saturated rings. The van der Waals surface area contributed by atoms with Gasteiger partial charge in [-0.05, 0) is 67.8 Å². The van der Waals surface area contributed by atoms with E-state index in [4.69, 9.17) is 19.0 Å². The van der Waals surface area contributed by atoms with Crippen molar-refractivity contribution in [1.29, 1.82) is 0 Å². The molecule has 1 unspecified atom stereocenters. The Morgan fingerprint density at radius 3 is 2.61 bits per heavy atom. The van der Waals surface area contributed by atoms with Gasteiger partial charge in [0.25, 0.3) is 5.91 Å². The highest BCUT2D eigenvalue weighted by molar-refractivity contribution is 5.91. The molecule has 186 valence electrons. The van der Waals surface area contributed by atoms with Crippen molar-refractivity contribution >= 4 is 5.91 Å². The van der Waals surface area contributed by atoms with Crippen molar-refractivity contribution in [1.82, 2.24) is 14.7 Å². The van der Waals surface area contributed by atoms with Crippen molar-refractivity contribution in [3.63, 3.8) is 0 Å². The second kappa shape index (κ2) is 10.8. The number of carbonyl (C=O) groups is 1. The summed E-state index contributed by atoms with van der Waals surface area (Å²) in [6.45, 7) is 3.39. The van der Waals surface area contributed by atoms with Crippen LogP contribution in [0, 0.1) is 5.82 Å². The summed E-state index contributed by atoms with van der Waals surface area (Å²) in [6, 6.07) is 18.9. The first-order chi connectivity index (χ1) is 17.6. The maximum atomic E-state index is 13.6. The number of hydrogen-bond donors (Lipinski definition) is 0. The fraction of sp³-hybridized carbons (Fsp3) is 0.286.